The minimum Gasteiger partial charge on any atom is -0.436 e. The maximum atomic E-state index is 6.08. The monoisotopic (exact) mass is 390 g/mol. The van der Waals surface area contributed by atoms with Crippen LogP contribution in [0.5, 0.6) is 0 Å². The van der Waals surface area contributed by atoms with Crippen LogP contribution in [0.25, 0.3) is 34.7 Å². The smallest absolute Gasteiger partial charge is 0.227 e. The number of nitrogens with zero attached hydrogens (tertiary/aromatic N) is 2. The molecule has 0 atom stereocenters. The Bertz CT molecular complexity index is 1370. The number of aromatic nitrogens is 1. The van der Waals surface area contributed by atoms with Crippen molar-refractivity contribution in [3.05, 3.63) is 95.1 Å². The van der Waals surface area contributed by atoms with Crippen molar-refractivity contribution in [2.24, 2.45) is 4.99 Å². The fraction of sp³-hybridized carbons (Fsp3) is 0.111. The first kappa shape index (κ1) is 18.3. The lowest BCUT2D eigenvalue weighted by Gasteiger charge is -2.13. The van der Waals surface area contributed by atoms with E-state index in [1.165, 1.54) is 11.1 Å². The van der Waals surface area contributed by atoms with Crippen LogP contribution >= 0.6 is 0 Å². The van der Waals surface area contributed by atoms with E-state index >= 15 is 0 Å². The third-order valence-corrected chi connectivity index (χ3v) is 5.63. The Balaban J connectivity index is 1.64. The van der Waals surface area contributed by atoms with Crippen LogP contribution in [-0.4, -0.2) is 10.7 Å². The second kappa shape index (κ2) is 6.96. The lowest BCUT2D eigenvalue weighted by Crippen LogP contribution is -2.05. The second-order valence-electron chi connectivity index (χ2n) is 7.75. The fourth-order valence-corrected chi connectivity index (χ4v) is 4.15. The van der Waals surface area contributed by atoms with Crippen LogP contribution < -0.4 is 0 Å². The number of benzene rings is 3. The highest BCUT2D eigenvalue weighted by molar-refractivity contribution is 6.10. The largest absolute Gasteiger partial charge is 0.436 e. The SMILES string of the molecule is C=Cc1c(C2=Nc3ccc(C)cc3C2)ccc(-c2nc3ccc(C)cc3o2)c1C=C. The summed E-state index contributed by atoms with van der Waals surface area (Å²) in [6.45, 7) is 12.3. The van der Waals surface area contributed by atoms with E-state index in [-0.39, 0.29) is 0 Å². The van der Waals surface area contributed by atoms with Crippen molar-refractivity contribution < 1.29 is 4.42 Å². The van der Waals surface area contributed by atoms with Gasteiger partial charge in [0, 0.05) is 17.5 Å². The Morgan fingerprint density at radius 2 is 1.57 bits per heavy atom. The molecule has 0 amide bonds. The van der Waals surface area contributed by atoms with E-state index in [0.717, 1.165) is 56.7 Å². The number of hydrogen-bond acceptors (Lipinski definition) is 3. The molecule has 2 heterocycles. The molecule has 1 aromatic heterocycles. The van der Waals surface area contributed by atoms with Gasteiger partial charge in [-0.3, -0.25) is 4.99 Å². The molecule has 0 N–H and O–H groups in total. The highest BCUT2D eigenvalue weighted by Gasteiger charge is 2.21. The minimum absolute atomic E-state index is 0.590. The third-order valence-electron chi connectivity index (χ3n) is 5.63. The standard InChI is InChI=1S/C27H22N2O/c1-5-19-20(6-2)22(27-29-24-12-8-17(4)14-26(24)30-27)10-9-21(19)25-15-18-13-16(3)7-11-23(18)28-25/h5-14H,1-2,15H2,3-4H3. The number of aryl methyl sites for hydroxylation is 2. The van der Waals surface area contributed by atoms with E-state index in [1.807, 2.05) is 43.3 Å². The number of oxazole rings is 1. The van der Waals surface area contributed by atoms with Crippen molar-refractivity contribution in [3.63, 3.8) is 0 Å². The molecule has 0 radical (unpaired) electrons. The number of hydrogen-bond donors (Lipinski definition) is 0. The normalized spacial score (nSPS) is 12.7. The molecule has 1 aliphatic rings. The molecule has 0 fully saturated rings. The van der Waals surface area contributed by atoms with E-state index in [4.69, 9.17) is 14.4 Å². The lowest BCUT2D eigenvalue weighted by molar-refractivity contribution is 0.619. The highest BCUT2D eigenvalue weighted by atomic mass is 16.3. The highest BCUT2D eigenvalue weighted by Crippen LogP contribution is 2.35. The van der Waals surface area contributed by atoms with E-state index in [1.54, 1.807) is 0 Å². The Labute approximate surface area is 176 Å². The van der Waals surface area contributed by atoms with Crippen LogP contribution in [0.3, 0.4) is 0 Å². The van der Waals surface area contributed by atoms with Crippen LogP contribution in [0.4, 0.5) is 5.69 Å². The molecule has 30 heavy (non-hydrogen) atoms. The van der Waals surface area contributed by atoms with Crippen LogP contribution in [0, 0.1) is 13.8 Å². The van der Waals surface area contributed by atoms with Crippen molar-refractivity contribution >= 4 is 34.7 Å². The first-order valence-corrected chi connectivity index (χ1v) is 10.0. The van der Waals surface area contributed by atoms with Crippen molar-refractivity contribution in [2.75, 3.05) is 0 Å². The van der Waals surface area contributed by atoms with Crippen LogP contribution in [0.1, 0.15) is 33.4 Å². The summed E-state index contributed by atoms with van der Waals surface area (Å²) >= 11 is 0. The summed E-state index contributed by atoms with van der Waals surface area (Å²) in [4.78, 5) is 9.59. The molecule has 4 aromatic rings. The molecule has 146 valence electrons. The van der Waals surface area contributed by atoms with Crippen LogP contribution in [0.2, 0.25) is 0 Å². The summed E-state index contributed by atoms with van der Waals surface area (Å²) in [7, 11) is 0. The van der Waals surface area contributed by atoms with Crippen molar-refractivity contribution in [3.8, 4) is 11.5 Å². The van der Waals surface area contributed by atoms with Crippen molar-refractivity contribution in [2.45, 2.75) is 20.3 Å². The molecule has 0 bridgehead atoms. The van der Waals surface area contributed by atoms with Gasteiger partial charge in [0.15, 0.2) is 5.58 Å². The van der Waals surface area contributed by atoms with Gasteiger partial charge in [-0.05, 0) is 60.4 Å². The van der Waals surface area contributed by atoms with Gasteiger partial charge in [0.05, 0.1) is 11.4 Å². The first-order chi connectivity index (χ1) is 14.6. The molecule has 3 aromatic carbocycles. The summed E-state index contributed by atoms with van der Waals surface area (Å²) in [5.41, 5.74) is 11.3. The molecule has 1 aliphatic heterocycles. The van der Waals surface area contributed by atoms with E-state index in [2.05, 4.69) is 44.3 Å². The number of rotatable bonds is 4. The van der Waals surface area contributed by atoms with Gasteiger partial charge >= 0.3 is 0 Å². The average molecular weight is 390 g/mol. The molecule has 0 unspecified atom stereocenters. The second-order valence-corrected chi connectivity index (χ2v) is 7.75. The van der Waals surface area contributed by atoms with Gasteiger partial charge in [0.2, 0.25) is 5.89 Å². The fourth-order valence-electron chi connectivity index (χ4n) is 4.15. The third kappa shape index (κ3) is 2.91. The van der Waals surface area contributed by atoms with Gasteiger partial charge in [-0.1, -0.05) is 55.1 Å². The summed E-state index contributed by atoms with van der Waals surface area (Å²) in [6, 6.07) is 16.6. The molecule has 3 nitrogen and oxygen atoms in total. The molecule has 5 rings (SSSR count). The topological polar surface area (TPSA) is 38.4 Å². The molecular formula is C27H22N2O. The van der Waals surface area contributed by atoms with E-state index < -0.39 is 0 Å². The molecule has 0 aliphatic carbocycles. The number of fused-ring (bicyclic) bond motifs is 2. The summed E-state index contributed by atoms with van der Waals surface area (Å²) in [5.74, 6) is 0.590. The summed E-state index contributed by atoms with van der Waals surface area (Å²) in [6.07, 6.45) is 4.54. The maximum Gasteiger partial charge on any atom is 0.227 e. The predicted octanol–water partition coefficient (Wildman–Crippen LogP) is 7.07. The van der Waals surface area contributed by atoms with Gasteiger partial charge in [-0.2, -0.15) is 0 Å². The minimum atomic E-state index is 0.590. The summed E-state index contributed by atoms with van der Waals surface area (Å²) < 4.78 is 6.08. The van der Waals surface area contributed by atoms with Crippen molar-refractivity contribution in [1.82, 2.24) is 4.98 Å². The van der Waals surface area contributed by atoms with E-state index in [0.29, 0.717) is 5.89 Å². The average Bonchev–Trinajstić information content (AvgIpc) is 3.35. The Kier molecular flexibility index (Phi) is 4.25. The molecule has 3 heteroatoms. The molecule has 0 saturated carbocycles. The molecule has 0 spiro atoms. The molecule has 0 saturated heterocycles. The van der Waals surface area contributed by atoms with Gasteiger partial charge in [-0.15, -0.1) is 0 Å². The predicted molar refractivity (Wildman–Crippen MR) is 125 cm³/mol. The Hall–Kier alpha value is -3.72. The lowest BCUT2D eigenvalue weighted by atomic mass is 9.91. The first-order valence-electron chi connectivity index (χ1n) is 10.0. The molecular weight excluding hydrogens is 368 g/mol. The summed E-state index contributed by atoms with van der Waals surface area (Å²) in [5, 5.41) is 0. The quantitative estimate of drug-likeness (QED) is 0.373. The zero-order valence-electron chi connectivity index (χ0n) is 17.2. The van der Waals surface area contributed by atoms with Crippen LogP contribution in [-0.2, 0) is 6.42 Å². The van der Waals surface area contributed by atoms with Crippen LogP contribution in [0.15, 0.2) is 71.1 Å². The Morgan fingerprint density at radius 3 is 2.37 bits per heavy atom. The van der Waals surface area contributed by atoms with Gasteiger partial charge in [0.1, 0.15) is 5.52 Å². The van der Waals surface area contributed by atoms with Gasteiger partial charge in [-0.25, -0.2) is 4.98 Å². The van der Waals surface area contributed by atoms with Crippen molar-refractivity contribution in [1.29, 1.82) is 0 Å². The van der Waals surface area contributed by atoms with E-state index in [9.17, 15) is 0 Å². The van der Waals surface area contributed by atoms with Gasteiger partial charge < -0.3 is 4.42 Å². The zero-order valence-corrected chi connectivity index (χ0v) is 17.2. The zero-order chi connectivity index (χ0) is 20.8. The van der Waals surface area contributed by atoms with Gasteiger partial charge in [0.25, 0.3) is 0 Å². The Morgan fingerprint density at radius 1 is 0.867 bits per heavy atom. The maximum absolute atomic E-state index is 6.08. The number of aliphatic imine (C=N–C) groups is 1.